The van der Waals surface area contributed by atoms with Crippen LogP contribution in [-0.4, -0.2) is 31.5 Å². The Morgan fingerprint density at radius 2 is 2.04 bits per heavy atom. The second kappa shape index (κ2) is 6.45. The van der Waals surface area contributed by atoms with Gasteiger partial charge in [-0.05, 0) is 39.0 Å². The molecule has 0 atom stereocenters. The number of alkyl halides is 1. The highest BCUT2D eigenvalue weighted by molar-refractivity contribution is 6.29. The first-order valence-electron chi connectivity index (χ1n) is 7.31. The number of aryl methyl sites for hydroxylation is 3. The van der Waals surface area contributed by atoms with E-state index >= 15 is 0 Å². The van der Waals surface area contributed by atoms with Gasteiger partial charge >= 0.3 is 0 Å². The molecule has 1 amide bonds. The maximum absolute atomic E-state index is 11.6. The van der Waals surface area contributed by atoms with Crippen LogP contribution in [0.2, 0.25) is 0 Å². The van der Waals surface area contributed by atoms with Crippen molar-refractivity contribution in [2.75, 3.05) is 11.2 Å². The molecule has 7 nitrogen and oxygen atoms in total. The quantitative estimate of drug-likeness (QED) is 0.734. The molecular weight excluding hydrogens is 330 g/mol. The van der Waals surface area contributed by atoms with Crippen LogP contribution in [0, 0.1) is 20.8 Å². The number of rotatable bonds is 4. The molecule has 0 saturated carbocycles. The summed E-state index contributed by atoms with van der Waals surface area (Å²) in [5.41, 5.74) is 1.79. The first-order valence-corrected chi connectivity index (χ1v) is 7.85. The van der Waals surface area contributed by atoms with Gasteiger partial charge in [0.2, 0.25) is 5.91 Å². The second-order valence-electron chi connectivity index (χ2n) is 5.37. The van der Waals surface area contributed by atoms with Gasteiger partial charge in [-0.15, -0.1) is 11.6 Å². The number of furan rings is 1. The lowest BCUT2D eigenvalue weighted by Crippen LogP contribution is -2.15. The SMILES string of the molecule is Cc1cc(C)n(-c2cc(NC(=O)CCl)nc(-c3ccc(C)o3)n2)n1. The van der Waals surface area contributed by atoms with E-state index in [9.17, 15) is 4.79 Å². The number of nitrogens with one attached hydrogen (secondary N) is 1. The molecule has 0 bridgehead atoms. The Bertz CT molecular complexity index is 900. The third-order valence-corrected chi connectivity index (χ3v) is 3.53. The first kappa shape index (κ1) is 16.2. The molecule has 24 heavy (non-hydrogen) atoms. The Balaban J connectivity index is 2.12. The van der Waals surface area contributed by atoms with E-state index in [-0.39, 0.29) is 11.8 Å². The molecule has 8 heteroatoms. The number of hydrogen-bond donors (Lipinski definition) is 1. The van der Waals surface area contributed by atoms with E-state index in [2.05, 4.69) is 20.4 Å². The van der Waals surface area contributed by atoms with Gasteiger partial charge in [0, 0.05) is 11.8 Å². The molecule has 3 aromatic rings. The van der Waals surface area contributed by atoms with Crippen molar-refractivity contribution in [3.05, 3.63) is 41.4 Å². The number of nitrogens with zero attached hydrogens (tertiary/aromatic N) is 4. The minimum atomic E-state index is -0.351. The standard InChI is InChI=1S/C16H16ClN5O2/c1-9-6-10(2)22(21-9)14-7-13(18-15(23)8-17)19-16(20-14)12-5-4-11(3)24-12/h4-7H,8H2,1-3H3,(H,18,19,20,23). The number of amides is 1. The van der Waals surface area contributed by atoms with Crippen LogP contribution in [0.15, 0.2) is 28.7 Å². The van der Waals surface area contributed by atoms with E-state index in [1.165, 1.54) is 0 Å². The molecule has 0 aliphatic heterocycles. The summed E-state index contributed by atoms with van der Waals surface area (Å²) < 4.78 is 7.28. The minimum Gasteiger partial charge on any atom is -0.458 e. The van der Waals surface area contributed by atoms with E-state index in [0.29, 0.717) is 23.2 Å². The highest BCUT2D eigenvalue weighted by Gasteiger charge is 2.14. The van der Waals surface area contributed by atoms with E-state index in [1.807, 2.05) is 32.9 Å². The van der Waals surface area contributed by atoms with Crippen molar-refractivity contribution in [1.29, 1.82) is 0 Å². The topological polar surface area (TPSA) is 85.8 Å². The fourth-order valence-corrected chi connectivity index (χ4v) is 2.38. The molecule has 3 heterocycles. The predicted molar refractivity (Wildman–Crippen MR) is 90.4 cm³/mol. The van der Waals surface area contributed by atoms with Gasteiger partial charge in [0.25, 0.3) is 0 Å². The zero-order chi connectivity index (χ0) is 17.3. The smallest absolute Gasteiger partial charge is 0.240 e. The zero-order valence-corrected chi connectivity index (χ0v) is 14.3. The lowest BCUT2D eigenvalue weighted by molar-refractivity contribution is -0.113. The largest absolute Gasteiger partial charge is 0.458 e. The summed E-state index contributed by atoms with van der Waals surface area (Å²) in [6.07, 6.45) is 0. The number of anilines is 1. The first-order chi connectivity index (χ1) is 11.5. The Morgan fingerprint density at radius 3 is 2.62 bits per heavy atom. The fourth-order valence-electron chi connectivity index (χ4n) is 2.31. The van der Waals surface area contributed by atoms with Crippen molar-refractivity contribution in [2.24, 2.45) is 0 Å². The van der Waals surface area contributed by atoms with Crippen LogP contribution in [0.4, 0.5) is 5.82 Å². The summed E-state index contributed by atoms with van der Waals surface area (Å²) in [4.78, 5) is 20.4. The molecule has 3 aromatic heterocycles. The third-order valence-electron chi connectivity index (χ3n) is 3.29. The Morgan fingerprint density at radius 1 is 1.25 bits per heavy atom. The van der Waals surface area contributed by atoms with Crippen LogP contribution in [0.1, 0.15) is 17.1 Å². The summed E-state index contributed by atoms with van der Waals surface area (Å²) in [7, 11) is 0. The van der Waals surface area contributed by atoms with Gasteiger partial charge in [0.1, 0.15) is 17.5 Å². The van der Waals surface area contributed by atoms with E-state index in [0.717, 1.165) is 17.1 Å². The van der Waals surface area contributed by atoms with Gasteiger partial charge in [-0.2, -0.15) is 5.10 Å². The molecule has 0 saturated heterocycles. The summed E-state index contributed by atoms with van der Waals surface area (Å²) in [5.74, 6) is 1.98. The molecule has 0 aromatic carbocycles. The number of hydrogen-bond acceptors (Lipinski definition) is 5. The van der Waals surface area contributed by atoms with Crippen molar-refractivity contribution in [1.82, 2.24) is 19.7 Å². The van der Waals surface area contributed by atoms with Crippen LogP contribution >= 0.6 is 11.6 Å². The van der Waals surface area contributed by atoms with Gasteiger partial charge in [0.15, 0.2) is 17.4 Å². The zero-order valence-electron chi connectivity index (χ0n) is 13.5. The summed E-state index contributed by atoms with van der Waals surface area (Å²) in [5, 5.41) is 7.06. The summed E-state index contributed by atoms with van der Waals surface area (Å²) in [6, 6.07) is 7.19. The number of carbonyl (C=O) groups is 1. The van der Waals surface area contributed by atoms with Crippen molar-refractivity contribution < 1.29 is 9.21 Å². The minimum absolute atomic E-state index is 0.158. The van der Waals surface area contributed by atoms with Crippen LogP contribution in [0.5, 0.6) is 0 Å². The Hall–Kier alpha value is -2.67. The lowest BCUT2D eigenvalue weighted by atomic mass is 10.3. The molecular formula is C16H16ClN5O2. The average Bonchev–Trinajstić information content (AvgIpc) is 3.12. The van der Waals surface area contributed by atoms with E-state index < -0.39 is 0 Å². The highest BCUT2D eigenvalue weighted by Crippen LogP contribution is 2.22. The van der Waals surface area contributed by atoms with Gasteiger partial charge < -0.3 is 9.73 Å². The molecule has 0 spiro atoms. The molecule has 1 N–H and O–H groups in total. The molecule has 124 valence electrons. The third kappa shape index (κ3) is 3.30. The lowest BCUT2D eigenvalue weighted by Gasteiger charge is -2.09. The molecule has 0 radical (unpaired) electrons. The van der Waals surface area contributed by atoms with Crippen LogP contribution in [0.3, 0.4) is 0 Å². The number of carbonyl (C=O) groups excluding carboxylic acids is 1. The second-order valence-corrected chi connectivity index (χ2v) is 5.63. The van der Waals surface area contributed by atoms with Gasteiger partial charge in [-0.25, -0.2) is 14.6 Å². The Kier molecular flexibility index (Phi) is 4.35. The van der Waals surface area contributed by atoms with Gasteiger partial charge in [-0.3, -0.25) is 4.79 Å². The van der Waals surface area contributed by atoms with Gasteiger partial charge in [-0.1, -0.05) is 0 Å². The van der Waals surface area contributed by atoms with Crippen LogP contribution in [-0.2, 0) is 4.79 Å². The van der Waals surface area contributed by atoms with Crippen LogP contribution < -0.4 is 5.32 Å². The average molecular weight is 346 g/mol. The monoisotopic (exact) mass is 345 g/mol. The molecule has 0 aliphatic carbocycles. The van der Waals surface area contributed by atoms with E-state index in [4.69, 9.17) is 16.0 Å². The Labute approximate surface area is 143 Å². The van der Waals surface area contributed by atoms with Crippen molar-refractivity contribution >= 4 is 23.3 Å². The highest BCUT2D eigenvalue weighted by atomic mass is 35.5. The summed E-state index contributed by atoms with van der Waals surface area (Å²) >= 11 is 5.56. The predicted octanol–water partition coefficient (Wildman–Crippen LogP) is 3.02. The van der Waals surface area contributed by atoms with Crippen LogP contribution in [0.25, 0.3) is 17.4 Å². The van der Waals surface area contributed by atoms with E-state index in [1.54, 1.807) is 16.8 Å². The molecule has 3 rings (SSSR count). The van der Waals surface area contributed by atoms with Crippen molar-refractivity contribution in [3.8, 4) is 17.4 Å². The van der Waals surface area contributed by atoms with Crippen molar-refractivity contribution in [2.45, 2.75) is 20.8 Å². The molecule has 0 aliphatic rings. The normalized spacial score (nSPS) is 10.8. The fraction of sp³-hybridized carbons (Fsp3) is 0.250. The summed E-state index contributed by atoms with van der Waals surface area (Å²) in [6.45, 7) is 5.66. The number of aromatic nitrogens is 4. The maximum Gasteiger partial charge on any atom is 0.240 e. The molecule has 0 unspecified atom stereocenters. The number of halogens is 1. The molecule has 0 fully saturated rings. The van der Waals surface area contributed by atoms with Gasteiger partial charge in [0.05, 0.1) is 5.69 Å². The maximum atomic E-state index is 11.6. The van der Waals surface area contributed by atoms with Crippen molar-refractivity contribution in [3.63, 3.8) is 0 Å².